The largest absolute Gasteiger partial charge is 0.481 e. The molecule has 2 N–H and O–H groups in total. The Hall–Kier alpha value is -1.13. The third-order valence-corrected chi connectivity index (χ3v) is 4.88. The first-order valence-corrected chi connectivity index (χ1v) is 7.12. The quantitative estimate of drug-likeness (QED) is 0.828. The highest BCUT2D eigenvalue weighted by atomic mass is 19.1. The number of halogens is 1. The molecule has 2 saturated carbocycles. The van der Waals surface area contributed by atoms with Crippen molar-refractivity contribution in [2.45, 2.75) is 57.0 Å². The molecule has 0 amide bonds. The Labute approximate surface area is 112 Å². The molecule has 19 heavy (non-hydrogen) atoms. The van der Waals surface area contributed by atoms with Gasteiger partial charge in [-0.2, -0.15) is 0 Å². The van der Waals surface area contributed by atoms with Crippen molar-refractivity contribution in [2.24, 2.45) is 17.8 Å². The maximum absolute atomic E-state index is 15.5. The van der Waals surface area contributed by atoms with Crippen LogP contribution in [-0.2, 0) is 9.59 Å². The lowest BCUT2D eigenvalue weighted by atomic mass is 9.60. The number of rotatable bonds is 3. The van der Waals surface area contributed by atoms with E-state index in [1.54, 1.807) is 0 Å². The molecular weight excluding hydrogens is 251 g/mol. The molecule has 2 rings (SSSR count). The van der Waals surface area contributed by atoms with Gasteiger partial charge in [-0.25, -0.2) is 4.39 Å². The zero-order valence-electron chi connectivity index (χ0n) is 11.0. The fourth-order valence-electron chi connectivity index (χ4n) is 3.95. The van der Waals surface area contributed by atoms with Crippen LogP contribution in [-0.4, -0.2) is 27.8 Å². The first kappa shape index (κ1) is 14.3. The van der Waals surface area contributed by atoms with Crippen LogP contribution in [0, 0.1) is 17.8 Å². The normalized spacial score (nSPS) is 36.9. The Morgan fingerprint density at radius 2 is 1.32 bits per heavy atom. The molecule has 2 aliphatic carbocycles. The SMILES string of the molecule is O=C(O)C1CCCC(C(=O)O)C1(F)C1CCCCC1. The van der Waals surface area contributed by atoms with Gasteiger partial charge in [0.05, 0.1) is 11.8 Å². The van der Waals surface area contributed by atoms with Gasteiger partial charge in [0.15, 0.2) is 0 Å². The maximum Gasteiger partial charge on any atom is 0.309 e. The number of carbonyl (C=O) groups is 2. The molecule has 2 atom stereocenters. The zero-order chi connectivity index (χ0) is 14.0. The summed E-state index contributed by atoms with van der Waals surface area (Å²) in [6, 6.07) is 0. The molecule has 0 aromatic heterocycles. The summed E-state index contributed by atoms with van der Waals surface area (Å²) < 4.78 is 15.5. The number of aliphatic carboxylic acids is 2. The molecule has 5 heteroatoms. The fraction of sp³-hybridized carbons (Fsp3) is 0.857. The lowest BCUT2D eigenvalue weighted by Gasteiger charge is -2.46. The van der Waals surface area contributed by atoms with Gasteiger partial charge < -0.3 is 10.2 Å². The summed E-state index contributed by atoms with van der Waals surface area (Å²) in [4.78, 5) is 22.7. The summed E-state index contributed by atoms with van der Waals surface area (Å²) in [6.07, 6.45) is 4.99. The van der Waals surface area contributed by atoms with Crippen LogP contribution in [0.5, 0.6) is 0 Å². The molecule has 2 unspecified atom stereocenters. The molecule has 2 aliphatic rings. The minimum atomic E-state index is -2.07. The summed E-state index contributed by atoms with van der Waals surface area (Å²) in [5, 5.41) is 18.5. The number of hydrogen-bond donors (Lipinski definition) is 2. The van der Waals surface area contributed by atoms with Gasteiger partial charge in [0.25, 0.3) is 0 Å². The second-order valence-corrected chi connectivity index (χ2v) is 5.87. The highest BCUT2D eigenvalue weighted by Gasteiger charge is 2.58. The molecule has 0 radical (unpaired) electrons. The van der Waals surface area contributed by atoms with Gasteiger partial charge in [-0.1, -0.05) is 25.7 Å². The summed E-state index contributed by atoms with van der Waals surface area (Å²) in [6.45, 7) is 0. The van der Waals surface area contributed by atoms with E-state index in [1.165, 1.54) is 0 Å². The highest BCUT2D eigenvalue weighted by Crippen LogP contribution is 2.51. The van der Waals surface area contributed by atoms with Gasteiger partial charge in [-0.3, -0.25) is 9.59 Å². The van der Waals surface area contributed by atoms with Crippen LogP contribution in [0.1, 0.15) is 51.4 Å². The van der Waals surface area contributed by atoms with E-state index in [1.807, 2.05) is 0 Å². The molecule has 2 fully saturated rings. The van der Waals surface area contributed by atoms with E-state index in [0.29, 0.717) is 19.3 Å². The van der Waals surface area contributed by atoms with Gasteiger partial charge in [-0.05, 0) is 31.6 Å². The molecular formula is C14H21FO4. The zero-order valence-corrected chi connectivity index (χ0v) is 11.0. The molecule has 0 saturated heterocycles. The van der Waals surface area contributed by atoms with E-state index < -0.39 is 35.4 Å². The second kappa shape index (κ2) is 5.47. The highest BCUT2D eigenvalue weighted by molar-refractivity contribution is 5.77. The van der Waals surface area contributed by atoms with Crippen LogP contribution in [0.4, 0.5) is 4.39 Å². The summed E-state index contributed by atoms with van der Waals surface area (Å²) in [7, 11) is 0. The van der Waals surface area contributed by atoms with Gasteiger partial charge >= 0.3 is 11.9 Å². The average Bonchev–Trinajstić information content (AvgIpc) is 2.39. The molecule has 108 valence electrons. The number of carboxylic acid groups (broad SMARTS) is 2. The molecule has 0 bridgehead atoms. The van der Waals surface area contributed by atoms with Crippen LogP contribution in [0.25, 0.3) is 0 Å². The van der Waals surface area contributed by atoms with Crippen molar-refractivity contribution in [3.8, 4) is 0 Å². The Morgan fingerprint density at radius 1 is 0.842 bits per heavy atom. The predicted octanol–water partition coefficient (Wildman–Crippen LogP) is 2.86. The van der Waals surface area contributed by atoms with Crippen LogP contribution in [0.2, 0.25) is 0 Å². The molecule has 0 heterocycles. The third-order valence-electron chi connectivity index (χ3n) is 4.88. The number of hydrogen-bond acceptors (Lipinski definition) is 2. The van der Waals surface area contributed by atoms with Gasteiger partial charge in [-0.15, -0.1) is 0 Å². The van der Waals surface area contributed by atoms with Crippen molar-refractivity contribution in [1.29, 1.82) is 0 Å². The van der Waals surface area contributed by atoms with E-state index in [0.717, 1.165) is 19.3 Å². The van der Waals surface area contributed by atoms with Crippen LogP contribution in [0.15, 0.2) is 0 Å². The van der Waals surface area contributed by atoms with Gasteiger partial charge in [0, 0.05) is 0 Å². The van der Waals surface area contributed by atoms with Crippen molar-refractivity contribution >= 4 is 11.9 Å². The molecule has 0 aromatic carbocycles. The smallest absolute Gasteiger partial charge is 0.309 e. The Kier molecular flexibility index (Phi) is 4.11. The van der Waals surface area contributed by atoms with E-state index in [9.17, 15) is 19.8 Å². The average molecular weight is 272 g/mol. The minimum Gasteiger partial charge on any atom is -0.481 e. The number of carboxylic acids is 2. The standard InChI is InChI=1S/C14H21FO4/c15-14(9-5-2-1-3-6-9)10(12(16)17)7-4-8-11(14)13(18)19/h9-11H,1-8H2,(H,16,17)(H,18,19). The van der Waals surface area contributed by atoms with Crippen LogP contribution >= 0.6 is 0 Å². The molecule has 0 aliphatic heterocycles. The Bertz CT molecular complexity index is 340. The van der Waals surface area contributed by atoms with Gasteiger partial charge in [0.1, 0.15) is 5.67 Å². The first-order valence-electron chi connectivity index (χ1n) is 7.12. The van der Waals surface area contributed by atoms with E-state index in [-0.39, 0.29) is 12.8 Å². The summed E-state index contributed by atoms with van der Waals surface area (Å²) >= 11 is 0. The van der Waals surface area contributed by atoms with Crippen molar-refractivity contribution in [1.82, 2.24) is 0 Å². The Balaban J connectivity index is 2.34. The first-order chi connectivity index (χ1) is 8.98. The lowest BCUT2D eigenvalue weighted by molar-refractivity contribution is -0.171. The second-order valence-electron chi connectivity index (χ2n) is 5.87. The summed E-state index contributed by atoms with van der Waals surface area (Å²) in [5.41, 5.74) is -2.07. The van der Waals surface area contributed by atoms with E-state index in [4.69, 9.17) is 0 Å². The van der Waals surface area contributed by atoms with Crippen LogP contribution < -0.4 is 0 Å². The number of alkyl halides is 1. The lowest BCUT2D eigenvalue weighted by Crippen LogP contribution is -2.55. The molecule has 0 spiro atoms. The topological polar surface area (TPSA) is 74.6 Å². The van der Waals surface area contributed by atoms with Crippen LogP contribution in [0.3, 0.4) is 0 Å². The predicted molar refractivity (Wildman–Crippen MR) is 66.5 cm³/mol. The van der Waals surface area contributed by atoms with Crippen molar-refractivity contribution < 1.29 is 24.2 Å². The molecule has 0 aromatic rings. The summed E-state index contributed by atoms with van der Waals surface area (Å²) in [5.74, 6) is -5.10. The molecule has 4 nitrogen and oxygen atoms in total. The fourth-order valence-corrected chi connectivity index (χ4v) is 3.95. The third kappa shape index (κ3) is 2.47. The van der Waals surface area contributed by atoms with Crippen molar-refractivity contribution in [3.63, 3.8) is 0 Å². The van der Waals surface area contributed by atoms with E-state index in [2.05, 4.69) is 0 Å². The van der Waals surface area contributed by atoms with Crippen molar-refractivity contribution in [3.05, 3.63) is 0 Å². The van der Waals surface area contributed by atoms with Gasteiger partial charge in [0.2, 0.25) is 0 Å². The minimum absolute atomic E-state index is 0.256. The Morgan fingerprint density at radius 3 is 1.74 bits per heavy atom. The monoisotopic (exact) mass is 272 g/mol. The maximum atomic E-state index is 15.5. The van der Waals surface area contributed by atoms with Crippen molar-refractivity contribution in [2.75, 3.05) is 0 Å². The van der Waals surface area contributed by atoms with E-state index >= 15 is 4.39 Å².